The summed E-state index contributed by atoms with van der Waals surface area (Å²) in [6, 6.07) is 9.53. The Morgan fingerprint density at radius 1 is 1.17 bits per heavy atom. The van der Waals surface area contributed by atoms with Crippen LogP contribution in [-0.4, -0.2) is 47.7 Å². The molecule has 0 aliphatic carbocycles. The van der Waals surface area contributed by atoms with Crippen LogP contribution in [-0.2, 0) is 9.47 Å². The van der Waals surface area contributed by atoms with E-state index < -0.39 is 24.6 Å². The van der Waals surface area contributed by atoms with Gasteiger partial charge in [0.1, 0.15) is 12.2 Å². The van der Waals surface area contributed by atoms with Crippen molar-refractivity contribution in [2.24, 2.45) is 0 Å². The molecule has 1 aromatic rings. The number of hydrogen-bond acceptors (Lipinski definition) is 5. The normalized spacial score (nSPS) is 40.2. The van der Waals surface area contributed by atoms with Crippen molar-refractivity contribution in [3.8, 4) is 0 Å². The molecule has 18 heavy (non-hydrogen) atoms. The highest BCUT2D eigenvalue weighted by Crippen LogP contribution is 2.29. The van der Waals surface area contributed by atoms with Crippen molar-refractivity contribution in [2.75, 3.05) is 13.2 Å². The maximum atomic E-state index is 9.97. The Morgan fingerprint density at radius 3 is 2.72 bits per heavy atom. The first-order valence-electron chi connectivity index (χ1n) is 6.17. The Hall–Kier alpha value is -0.980. The highest BCUT2D eigenvalue weighted by atomic mass is 16.7. The van der Waals surface area contributed by atoms with Crippen molar-refractivity contribution in [1.29, 1.82) is 0 Å². The van der Waals surface area contributed by atoms with E-state index in [1.807, 2.05) is 30.3 Å². The smallest absolute Gasteiger partial charge is 0.184 e. The Morgan fingerprint density at radius 2 is 1.94 bits per heavy atom. The largest absolute Gasteiger partial charge is 0.389 e. The third kappa shape index (κ3) is 2.15. The topological polar surface area (TPSA) is 71.0 Å². The molecular weight excluding hydrogens is 234 g/mol. The van der Waals surface area contributed by atoms with Crippen molar-refractivity contribution in [1.82, 2.24) is 5.32 Å². The lowest BCUT2D eigenvalue weighted by atomic mass is 9.95. The first-order chi connectivity index (χ1) is 8.75. The fraction of sp³-hybridized carbons (Fsp3) is 0.538. The van der Waals surface area contributed by atoms with Crippen molar-refractivity contribution < 1.29 is 19.7 Å². The first kappa shape index (κ1) is 12.1. The Kier molecular flexibility index (Phi) is 3.32. The zero-order chi connectivity index (χ0) is 12.5. The van der Waals surface area contributed by atoms with Crippen LogP contribution in [0.4, 0.5) is 0 Å². The van der Waals surface area contributed by atoms with Crippen LogP contribution in [0.3, 0.4) is 0 Å². The second-order valence-electron chi connectivity index (χ2n) is 4.75. The Bertz CT molecular complexity index is 397. The van der Waals surface area contributed by atoms with Crippen molar-refractivity contribution in [3.05, 3.63) is 35.9 Å². The molecule has 0 saturated carbocycles. The number of aliphatic hydroxyl groups is 2. The molecular formula is C13H17NO4. The molecule has 5 nitrogen and oxygen atoms in total. The monoisotopic (exact) mass is 251 g/mol. The molecule has 0 aromatic heterocycles. The molecule has 2 saturated heterocycles. The van der Waals surface area contributed by atoms with Crippen LogP contribution in [0.1, 0.15) is 11.9 Å². The fourth-order valence-electron chi connectivity index (χ4n) is 2.45. The molecule has 0 amide bonds. The van der Waals surface area contributed by atoms with E-state index >= 15 is 0 Å². The van der Waals surface area contributed by atoms with E-state index in [9.17, 15) is 10.2 Å². The number of ether oxygens (including phenoxy) is 2. The molecule has 0 spiro atoms. The Balaban J connectivity index is 1.75. The van der Waals surface area contributed by atoms with Gasteiger partial charge in [-0.3, -0.25) is 0 Å². The summed E-state index contributed by atoms with van der Waals surface area (Å²) in [7, 11) is 0. The van der Waals surface area contributed by atoms with Gasteiger partial charge < -0.3 is 25.0 Å². The number of fused-ring (bicyclic) bond motifs is 1. The van der Waals surface area contributed by atoms with Gasteiger partial charge in [0.25, 0.3) is 0 Å². The summed E-state index contributed by atoms with van der Waals surface area (Å²) < 4.78 is 11.4. The Labute approximate surface area is 105 Å². The summed E-state index contributed by atoms with van der Waals surface area (Å²) in [5.41, 5.74) is 0.920. The molecule has 2 heterocycles. The maximum Gasteiger partial charge on any atom is 0.184 e. The molecule has 2 aliphatic rings. The van der Waals surface area contributed by atoms with Gasteiger partial charge >= 0.3 is 0 Å². The van der Waals surface area contributed by atoms with Gasteiger partial charge in [0.2, 0.25) is 0 Å². The summed E-state index contributed by atoms with van der Waals surface area (Å²) >= 11 is 0. The number of benzene rings is 1. The highest BCUT2D eigenvalue weighted by molar-refractivity contribution is 5.16. The van der Waals surface area contributed by atoms with E-state index in [4.69, 9.17) is 9.47 Å². The minimum atomic E-state index is -0.869. The lowest BCUT2D eigenvalue weighted by Crippen LogP contribution is -2.64. The van der Waals surface area contributed by atoms with Gasteiger partial charge in [-0.05, 0) is 0 Å². The zero-order valence-corrected chi connectivity index (χ0v) is 9.90. The average molecular weight is 251 g/mol. The zero-order valence-electron chi connectivity index (χ0n) is 9.90. The van der Waals surface area contributed by atoms with Gasteiger partial charge in [0, 0.05) is 12.1 Å². The molecule has 5 atom stereocenters. The van der Waals surface area contributed by atoms with Gasteiger partial charge in [-0.25, -0.2) is 0 Å². The highest BCUT2D eigenvalue weighted by Gasteiger charge is 2.43. The summed E-state index contributed by atoms with van der Waals surface area (Å²) in [5.74, 6) is 0. The van der Waals surface area contributed by atoms with Crippen molar-refractivity contribution in [2.45, 2.75) is 30.6 Å². The third-order valence-electron chi connectivity index (χ3n) is 3.50. The summed E-state index contributed by atoms with van der Waals surface area (Å²) in [5, 5.41) is 22.7. The van der Waals surface area contributed by atoms with E-state index in [-0.39, 0.29) is 6.04 Å². The molecule has 2 aliphatic heterocycles. The molecule has 0 bridgehead atoms. The quantitative estimate of drug-likeness (QED) is 0.644. The van der Waals surface area contributed by atoms with Crippen LogP contribution < -0.4 is 5.32 Å². The van der Waals surface area contributed by atoms with Crippen LogP contribution >= 0.6 is 0 Å². The molecule has 2 fully saturated rings. The summed E-state index contributed by atoms with van der Waals surface area (Å²) in [6.45, 7) is 0.832. The number of β-amino-alcohol motifs (C(OH)–C–C–N with tert-alkyl or cyclic N) is 1. The molecule has 1 aromatic carbocycles. The SMILES string of the molecule is O[C@H]1[C@@H]2OC(c3ccccc3)OC[C@H]2NC[C@@H]1O. The van der Waals surface area contributed by atoms with Crippen molar-refractivity contribution >= 4 is 0 Å². The number of aliphatic hydroxyl groups excluding tert-OH is 2. The van der Waals surface area contributed by atoms with Gasteiger partial charge in [-0.1, -0.05) is 30.3 Å². The van der Waals surface area contributed by atoms with Crippen LogP contribution in [0.15, 0.2) is 30.3 Å². The number of hydrogen-bond donors (Lipinski definition) is 3. The number of nitrogens with one attached hydrogen (secondary N) is 1. The van der Waals surface area contributed by atoms with Gasteiger partial charge in [-0.15, -0.1) is 0 Å². The molecule has 98 valence electrons. The van der Waals surface area contributed by atoms with E-state index in [0.717, 1.165) is 5.56 Å². The van der Waals surface area contributed by atoms with Crippen molar-refractivity contribution in [3.63, 3.8) is 0 Å². The van der Waals surface area contributed by atoms with Crippen LogP contribution in [0, 0.1) is 0 Å². The van der Waals surface area contributed by atoms with Gasteiger partial charge in [0.15, 0.2) is 6.29 Å². The maximum absolute atomic E-state index is 9.97. The fourth-order valence-corrected chi connectivity index (χ4v) is 2.45. The standard InChI is InChI=1S/C13H17NO4/c15-10-6-14-9-7-17-13(18-12(9)11(10)16)8-4-2-1-3-5-8/h1-5,9-16H,6-7H2/t9-,10+,11-,12-,13?/m1/s1. The van der Waals surface area contributed by atoms with Crippen LogP contribution in [0.25, 0.3) is 0 Å². The van der Waals surface area contributed by atoms with Crippen LogP contribution in [0.5, 0.6) is 0 Å². The first-order valence-corrected chi connectivity index (χ1v) is 6.17. The number of piperidine rings is 1. The van der Waals surface area contributed by atoms with Crippen LogP contribution in [0.2, 0.25) is 0 Å². The third-order valence-corrected chi connectivity index (χ3v) is 3.50. The molecule has 1 unspecified atom stereocenters. The minimum absolute atomic E-state index is 0.0663. The van der Waals surface area contributed by atoms with E-state index in [2.05, 4.69) is 5.32 Å². The summed E-state index contributed by atoms with van der Waals surface area (Å²) in [4.78, 5) is 0. The second-order valence-corrected chi connectivity index (χ2v) is 4.75. The van der Waals surface area contributed by atoms with Gasteiger partial charge in [0.05, 0.1) is 18.8 Å². The average Bonchev–Trinajstić information content (AvgIpc) is 2.44. The summed E-state index contributed by atoms with van der Waals surface area (Å²) in [6.07, 6.45) is -2.57. The van der Waals surface area contributed by atoms with E-state index in [1.54, 1.807) is 0 Å². The lowest BCUT2D eigenvalue weighted by Gasteiger charge is -2.44. The minimum Gasteiger partial charge on any atom is -0.389 e. The second kappa shape index (κ2) is 4.95. The molecule has 3 rings (SSSR count). The predicted octanol–water partition coefficient (Wildman–Crippen LogP) is -0.206. The molecule has 0 radical (unpaired) electrons. The van der Waals surface area contributed by atoms with E-state index in [1.165, 1.54) is 0 Å². The number of rotatable bonds is 1. The van der Waals surface area contributed by atoms with Gasteiger partial charge in [-0.2, -0.15) is 0 Å². The van der Waals surface area contributed by atoms with E-state index in [0.29, 0.717) is 13.2 Å². The lowest BCUT2D eigenvalue weighted by molar-refractivity contribution is -0.267. The molecule has 3 N–H and O–H groups in total. The molecule has 5 heteroatoms. The predicted molar refractivity (Wildman–Crippen MR) is 63.8 cm³/mol.